The maximum atomic E-state index is 12.9. The Balaban J connectivity index is 2.41. The molecular formula is C27H35ClN8O5. The molecule has 220 valence electrons. The first-order valence-electron chi connectivity index (χ1n) is 12.5. The summed E-state index contributed by atoms with van der Waals surface area (Å²) in [5, 5.41) is 18.3. The number of hydrazine groups is 1. The molecule has 0 fully saturated rings. The number of esters is 1. The number of ether oxygens (including phenoxy) is 2. The molecule has 1 atom stereocenters. The molecule has 0 saturated carbocycles. The van der Waals surface area contributed by atoms with Crippen LogP contribution in [0.5, 0.6) is 0 Å². The van der Waals surface area contributed by atoms with Crippen LogP contribution in [0.4, 0.5) is 0 Å². The molecular weight excluding hydrogens is 552 g/mol. The molecule has 41 heavy (non-hydrogen) atoms. The van der Waals surface area contributed by atoms with Gasteiger partial charge in [-0.3, -0.25) is 19.4 Å². The summed E-state index contributed by atoms with van der Waals surface area (Å²) in [6.45, 7) is 5.63. The Morgan fingerprint density at radius 1 is 1.34 bits per heavy atom. The summed E-state index contributed by atoms with van der Waals surface area (Å²) in [6, 6.07) is 0.801. The second kappa shape index (κ2) is 16.6. The number of allylic oxidation sites excluding steroid dienone is 7. The van der Waals surface area contributed by atoms with Gasteiger partial charge < -0.3 is 25.9 Å². The van der Waals surface area contributed by atoms with Crippen LogP contribution in [0.1, 0.15) is 50.9 Å². The number of nitrogens with one attached hydrogen (secondary N) is 2. The zero-order chi connectivity index (χ0) is 30.4. The number of hydrazone groups is 1. The first-order chi connectivity index (χ1) is 19.5. The number of methoxy groups -OCH3 is 1. The number of nitrogens with two attached hydrogens (primary N) is 2. The van der Waals surface area contributed by atoms with Crippen molar-refractivity contribution in [1.82, 2.24) is 25.8 Å². The number of rotatable bonds is 7. The molecule has 2 bridgehead atoms. The maximum Gasteiger partial charge on any atom is 0.309 e. The predicted molar refractivity (Wildman–Crippen MR) is 155 cm³/mol. The lowest BCUT2D eigenvalue weighted by Crippen LogP contribution is -2.34. The lowest BCUT2D eigenvalue weighted by atomic mass is 10.0. The zero-order valence-electron chi connectivity index (χ0n) is 23.4. The van der Waals surface area contributed by atoms with E-state index >= 15 is 0 Å². The summed E-state index contributed by atoms with van der Waals surface area (Å²) in [5.41, 5.74) is 2.73. The highest BCUT2D eigenvalue weighted by Crippen LogP contribution is 2.25. The molecule has 2 rings (SSSR count). The van der Waals surface area contributed by atoms with Gasteiger partial charge in [-0.15, -0.1) is 10.2 Å². The average Bonchev–Trinajstić information content (AvgIpc) is 2.93. The first-order valence-corrected chi connectivity index (χ1v) is 12.9. The minimum absolute atomic E-state index is 0.0234. The monoisotopic (exact) mass is 586 g/mol. The molecule has 0 saturated heterocycles. The van der Waals surface area contributed by atoms with Crippen molar-refractivity contribution in [3.8, 4) is 0 Å². The summed E-state index contributed by atoms with van der Waals surface area (Å²) < 4.78 is 10.4. The number of carbonyl (C=O) groups is 3. The number of aromatic nitrogens is 2. The fourth-order valence-corrected chi connectivity index (χ4v) is 3.73. The summed E-state index contributed by atoms with van der Waals surface area (Å²) >= 11 is 6.36. The molecule has 0 aliphatic carbocycles. The fourth-order valence-electron chi connectivity index (χ4n) is 3.50. The molecule has 2 amide bonds. The van der Waals surface area contributed by atoms with Crippen LogP contribution >= 0.6 is 11.6 Å². The Morgan fingerprint density at radius 3 is 2.80 bits per heavy atom. The average molecular weight is 587 g/mol. The third-order valence-corrected chi connectivity index (χ3v) is 6.10. The normalized spacial score (nSPS) is 18.0. The molecule has 13 nitrogen and oxygen atoms in total. The molecule has 1 aliphatic rings. The van der Waals surface area contributed by atoms with Crippen molar-refractivity contribution < 1.29 is 23.9 Å². The van der Waals surface area contributed by atoms with Gasteiger partial charge in [0.15, 0.2) is 5.15 Å². The van der Waals surface area contributed by atoms with E-state index in [0.29, 0.717) is 33.9 Å². The van der Waals surface area contributed by atoms with Gasteiger partial charge in [-0.1, -0.05) is 29.8 Å². The van der Waals surface area contributed by atoms with Gasteiger partial charge in [-0.05, 0) is 50.1 Å². The molecule has 1 aliphatic heterocycles. The van der Waals surface area contributed by atoms with Gasteiger partial charge in [0.1, 0.15) is 12.9 Å². The van der Waals surface area contributed by atoms with Crippen LogP contribution in [-0.2, 0) is 23.9 Å². The van der Waals surface area contributed by atoms with E-state index in [1.807, 2.05) is 0 Å². The smallest absolute Gasteiger partial charge is 0.309 e. The van der Waals surface area contributed by atoms with Crippen LogP contribution in [-0.4, -0.2) is 59.6 Å². The van der Waals surface area contributed by atoms with Crippen molar-refractivity contribution in [3.05, 3.63) is 75.5 Å². The summed E-state index contributed by atoms with van der Waals surface area (Å²) in [7, 11) is 1.31. The lowest BCUT2D eigenvalue weighted by molar-refractivity contribution is -0.139. The second-order valence-corrected chi connectivity index (χ2v) is 9.22. The topological polar surface area (TPSA) is 187 Å². The number of fused-ring (bicyclic) bond motifs is 2. The molecule has 6 N–H and O–H groups in total. The predicted octanol–water partition coefficient (Wildman–Crippen LogP) is 2.16. The third kappa shape index (κ3) is 11.3. The third-order valence-electron chi connectivity index (χ3n) is 5.81. The van der Waals surface area contributed by atoms with Crippen LogP contribution in [0, 0.1) is 0 Å². The Labute approximate surface area is 243 Å². The summed E-state index contributed by atoms with van der Waals surface area (Å²) in [6.07, 6.45) is 10.8. The molecule has 14 heteroatoms. The minimum atomic E-state index is -0.830. The van der Waals surface area contributed by atoms with Gasteiger partial charge >= 0.3 is 5.97 Å². The number of carbonyl (C=O) groups excluding carboxylic acids is 3. The molecule has 1 unspecified atom stereocenters. The van der Waals surface area contributed by atoms with Crippen LogP contribution in [0.25, 0.3) is 6.08 Å². The van der Waals surface area contributed by atoms with E-state index in [1.165, 1.54) is 24.5 Å². The maximum absolute atomic E-state index is 12.9. The van der Waals surface area contributed by atoms with Crippen LogP contribution < -0.4 is 22.3 Å². The van der Waals surface area contributed by atoms with Gasteiger partial charge in [0.25, 0.3) is 0 Å². The zero-order valence-corrected chi connectivity index (χ0v) is 24.1. The Hall–Kier alpha value is -4.49. The van der Waals surface area contributed by atoms with E-state index in [2.05, 4.69) is 25.9 Å². The molecule has 0 spiro atoms. The minimum Gasteiger partial charge on any atom is -0.496 e. The molecule has 0 radical (unpaired) electrons. The molecule has 0 aromatic carbocycles. The van der Waals surface area contributed by atoms with Gasteiger partial charge in [-0.25, -0.2) is 5.84 Å². The van der Waals surface area contributed by atoms with Crippen molar-refractivity contribution in [1.29, 1.82) is 0 Å². The highest BCUT2D eigenvalue weighted by molar-refractivity contribution is 6.30. The van der Waals surface area contributed by atoms with E-state index in [0.717, 1.165) is 0 Å². The van der Waals surface area contributed by atoms with Crippen molar-refractivity contribution in [2.24, 2.45) is 16.8 Å². The standard InChI is InChI=1S/C27H35ClN8O5/c1-17(19(3)36(30)16-32-29)8-9-24(37)33-23-15-25(38)31-10-11-41-18(2)12-20(13-26(39)40-4)6-5-7-21-14-22(23)27(28)35-34-21/h5-9,12,14,16,23H,10-11,13,15,29-30H2,1-4H3,(H,31,38)(H,33,37)/b7-5+,9-8+,18-12?,19-17-,20-6?,32-16-. The van der Waals surface area contributed by atoms with Crippen molar-refractivity contribution >= 4 is 41.8 Å². The Kier molecular flexibility index (Phi) is 13.2. The number of nitrogens with zero attached hydrogens (tertiary/aromatic N) is 4. The van der Waals surface area contributed by atoms with E-state index in [9.17, 15) is 14.4 Å². The highest BCUT2D eigenvalue weighted by Gasteiger charge is 2.22. The van der Waals surface area contributed by atoms with Gasteiger partial charge in [0, 0.05) is 17.3 Å². The number of hydrogen-bond donors (Lipinski definition) is 4. The fraction of sp³-hybridized carbons (Fsp3) is 0.333. The van der Waals surface area contributed by atoms with Crippen molar-refractivity contribution in [3.63, 3.8) is 0 Å². The number of halogens is 1. The van der Waals surface area contributed by atoms with Crippen molar-refractivity contribution in [2.75, 3.05) is 20.3 Å². The van der Waals surface area contributed by atoms with Gasteiger partial charge in [0.2, 0.25) is 11.8 Å². The van der Waals surface area contributed by atoms with E-state index in [4.69, 9.17) is 32.8 Å². The van der Waals surface area contributed by atoms with Crippen LogP contribution in [0.15, 0.2) is 64.2 Å². The number of amides is 2. The second-order valence-electron chi connectivity index (χ2n) is 8.86. The van der Waals surface area contributed by atoms with E-state index < -0.39 is 17.9 Å². The molecule has 1 aromatic rings. The van der Waals surface area contributed by atoms with Crippen LogP contribution in [0.3, 0.4) is 0 Å². The van der Waals surface area contributed by atoms with Gasteiger partial charge in [0.05, 0.1) is 44.0 Å². The molecule has 1 aromatic heterocycles. The number of hydrogen-bond acceptors (Lipinski definition) is 10. The summed E-state index contributed by atoms with van der Waals surface area (Å²) in [5.74, 6) is 10.2. The quantitative estimate of drug-likeness (QED) is 0.0701. The Bertz CT molecular complexity index is 1300. The van der Waals surface area contributed by atoms with Crippen LogP contribution in [0.2, 0.25) is 5.15 Å². The summed E-state index contributed by atoms with van der Waals surface area (Å²) in [4.78, 5) is 37.5. The first kappa shape index (κ1) is 32.7. The van der Waals surface area contributed by atoms with Crippen molar-refractivity contribution in [2.45, 2.75) is 39.7 Å². The van der Waals surface area contributed by atoms with E-state index in [-0.39, 0.29) is 37.1 Å². The highest BCUT2D eigenvalue weighted by atomic mass is 35.5. The van der Waals surface area contributed by atoms with Gasteiger partial charge in [-0.2, -0.15) is 5.10 Å². The SMILES string of the molecule is COC(=O)CC1=C/C=C/c2cc(c(Cl)nn2)C(NC(=O)/C=C/C(C)=C(/C)N(N)/C=N\N)CC(=O)NCCOC(C)=C1. The largest absolute Gasteiger partial charge is 0.496 e. The lowest BCUT2D eigenvalue weighted by Gasteiger charge is -2.19. The Morgan fingerprint density at radius 2 is 2.10 bits per heavy atom. The van der Waals surface area contributed by atoms with E-state index in [1.54, 1.807) is 57.2 Å². The molecule has 2 heterocycles.